The van der Waals surface area contributed by atoms with E-state index in [-0.39, 0.29) is 21.7 Å². The van der Waals surface area contributed by atoms with Crippen LogP contribution >= 0.6 is 8.53 Å². The molecule has 0 aliphatic carbocycles. The van der Waals surface area contributed by atoms with Crippen molar-refractivity contribution in [1.82, 2.24) is 4.67 Å². The van der Waals surface area contributed by atoms with Crippen LogP contribution in [0.15, 0.2) is 60.7 Å². The van der Waals surface area contributed by atoms with E-state index in [1.165, 1.54) is 43.8 Å². The van der Waals surface area contributed by atoms with Crippen LogP contribution in [0.5, 0.6) is 11.5 Å². The van der Waals surface area contributed by atoms with Gasteiger partial charge in [-0.3, -0.25) is 0 Å². The second-order valence-electron chi connectivity index (χ2n) is 17.9. The molecule has 0 fully saturated rings. The average molecular weight is 670 g/mol. The van der Waals surface area contributed by atoms with Gasteiger partial charge in [-0.1, -0.05) is 146 Å². The molecule has 0 amide bonds. The third-order valence-electron chi connectivity index (χ3n) is 9.35. The first kappa shape index (κ1) is 38.2. The van der Waals surface area contributed by atoms with Crippen LogP contribution in [0.3, 0.4) is 0 Å². The number of hydrogen-bond donors (Lipinski definition) is 0. The van der Waals surface area contributed by atoms with Gasteiger partial charge in [-0.15, -0.1) is 0 Å². The topological polar surface area (TPSA) is 21.7 Å². The van der Waals surface area contributed by atoms with Gasteiger partial charge in [0.05, 0.1) is 0 Å². The lowest BCUT2D eigenvalue weighted by atomic mass is 9.83. The minimum absolute atomic E-state index is 0.0887. The molecule has 0 saturated carbocycles. The molecule has 262 valence electrons. The van der Waals surface area contributed by atoms with E-state index >= 15 is 0 Å². The van der Waals surface area contributed by atoms with Gasteiger partial charge in [-0.2, -0.15) is 0 Å². The van der Waals surface area contributed by atoms with Crippen LogP contribution in [0.25, 0.3) is 21.5 Å². The Balaban J connectivity index is 1.89. The second kappa shape index (κ2) is 14.7. The smallest absolute Gasteiger partial charge is 0.384 e. The Hall–Kier alpha value is -2.61. The molecule has 0 aliphatic heterocycles. The Labute approximate surface area is 294 Å². The quantitative estimate of drug-likeness (QED) is 0.148. The number of nitrogens with zero attached hydrogens (tertiary/aromatic N) is 1. The first-order valence-electron chi connectivity index (χ1n) is 18.3. The van der Waals surface area contributed by atoms with Crippen molar-refractivity contribution >= 4 is 30.1 Å². The van der Waals surface area contributed by atoms with Crippen molar-refractivity contribution in [2.75, 3.05) is 13.1 Å². The summed E-state index contributed by atoms with van der Waals surface area (Å²) in [7, 11) is -1.45. The van der Waals surface area contributed by atoms with Crippen molar-refractivity contribution in [2.24, 2.45) is 0 Å². The number of benzene rings is 4. The zero-order valence-corrected chi connectivity index (χ0v) is 33.6. The van der Waals surface area contributed by atoms with Crippen LogP contribution in [0.1, 0.15) is 145 Å². The monoisotopic (exact) mass is 669 g/mol. The maximum Gasteiger partial charge on any atom is 0.384 e. The lowest BCUT2D eigenvalue weighted by molar-refractivity contribution is 0.336. The third-order valence-corrected chi connectivity index (χ3v) is 10.9. The fourth-order valence-corrected chi connectivity index (χ4v) is 7.58. The van der Waals surface area contributed by atoms with Crippen molar-refractivity contribution in [2.45, 2.75) is 144 Å². The van der Waals surface area contributed by atoms with E-state index in [4.69, 9.17) is 9.05 Å². The number of fused-ring (bicyclic) bond motifs is 2. The van der Waals surface area contributed by atoms with Crippen LogP contribution in [0.4, 0.5) is 0 Å². The zero-order valence-electron chi connectivity index (χ0n) is 32.7. The van der Waals surface area contributed by atoms with Crippen molar-refractivity contribution in [3.63, 3.8) is 0 Å². The van der Waals surface area contributed by atoms with Gasteiger partial charge < -0.3 is 9.05 Å². The molecule has 0 spiro atoms. The predicted molar refractivity (Wildman–Crippen MR) is 212 cm³/mol. The SMILES string of the molecule is CCCCN(CCCC)P(Oc1cc2ccc(C(C)(C)C)cc2cc1C(C)(C)C)Oc1cc2ccc(C(C)(C)C)cc2cc1C(C)(C)C. The highest BCUT2D eigenvalue weighted by atomic mass is 31.2. The van der Waals surface area contributed by atoms with Crippen LogP contribution in [-0.4, -0.2) is 17.8 Å². The molecule has 0 unspecified atom stereocenters. The molecule has 3 nitrogen and oxygen atoms in total. The van der Waals surface area contributed by atoms with Gasteiger partial charge in [0.25, 0.3) is 0 Å². The summed E-state index contributed by atoms with van der Waals surface area (Å²) in [6.45, 7) is 33.8. The predicted octanol–water partition coefficient (Wildman–Crippen LogP) is 13.8. The first-order chi connectivity index (χ1) is 22.2. The first-order valence-corrected chi connectivity index (χ1v) is 19.4. The minimum Gasteiger partial charge on any atom is -0.427 e. The summed E-state index contributed by atoms with van der Waals surface area (Å²) in [5, 5.41) is 4.92. The normalized spacial score (nSPS) is 13.2. The van der Waals surface area contributed by atoms with Crippen molar-refractivity contribution in [3.8, 4) is 11.5 Å². The lowest BCUT2D eigenvalue weighted by Crippen LogP contribution is -2.26. The number of unbranched alkanes of at least 4 members (excludes halogenated alkanes) is 2. The fourth-order valence-electron chi connectivity index (χ4n) is 6.07. The van der Waals surface area contributed by atoms with Gasteiger partial charge in [0.15, 0.2) is 0 Å². The molecule has 0 aliphatic rings. The van der Waals surface area contributed by atoms with Crippen LogP contribution < -0.4 is 9.05 Å². The maximum atomic E-state index is 7.25. The van der Waals surface area contributed by atoms with E-state index in [2.05, 4.69) is 162 Å². The summed E-state index contributed by atoms with van der Waals surface area (Å²) in [6.07, 6.45) is 4.47. The molecular weight excluding hydrogens is 605 g/mol. The van der Waals surface area contributed by atoms with Gasteiger partial charge in [0, 0.05) is 24.2 Å². The Morgan fingerprint density at radius 2 is 0.854 bits per heavy atom. The standard InChI is InChI=1S/C44H64NO2P/c1-15-17-23-45(24-18-16-2)48(46-39-29-31-19-21-35(41(3,4)5)25-33(31)27-37(39)43(9,10)11)47-40-30-32-20-22-36(42(6,7)8)26-34(32)28-38(40)44(12,13)14/h19-22,25-30H,15-18,23-24H2,1-14H3. The van der Waals surface area contributed by atoms with Crippen molar-refractivity contribution in [3.05, 3.63) is 82.9 Å². The minimum atomic E-state index is -1.45. The highest BCUT2D eigenvalue weighted by Gasteiger charge is 2.31. The summed E-state index contributed by atoms with van der Waals surface area (Å²) < 4.78 is 17.0. The van der Waals surface area contributed by atoms with E-state index in [9.17, 15) is 0 Å². The van der Waals surface area contributed by atoms with Crippen LogP contribution in [0, 0.1) is 0 Å². The van der Waals surface area contributed by atoms with Crippen molar-refractivity contribution < 1.29 is 9.05 Å². The van der Waals surface area contributed by atoms with Crippen molar-refractivity contribution in [1.29, 1.82) is 0 Å². The van der Waals surface area contributed by atoms with E-state index in [0.717, 1.165) is 50.3 Å². The molecule has 4 rings (SSSR count). The van der Waals surface area contributed by atoms with E-state index in [1.807, 2.05) is 0 Å². The summed E-state index contributed by atoms with van der Waals surface area (Å²) in [5.74, 6) is 1.85. The second-order valence-corrected chi connectivity index (χ2v) is 19.3. The number of rotatable bonds is 11. The molecule has 48 heavy (non-hydrogen) atoms. The van der Waals surface area contributed by atoms with Gasteiger partial charge in [-0.05, 0) is 91.4 Å². The molecule has 4 aromatic rings. The highest BCUT2D eigenvalue weighted by Crippen LogP contribution is 2.50. The largest absolute Gasteiger partial charge is 0.427 e. The molecule has 0 bridgehead atoms. The van der Waals surface area contributed by atoms with E-state index in [1.54, 1.807) is 0 Å². The Kier molecular flexibility index (Phi) is 11.7. The van der Waals surface area contributed by atoms with Gasteiger partial charge in [0.1, 0.15) is 11.5 Å². The lowest BCUT2D eigenvalue weighted by Gasteiger charge is -2.33. The van der Waals surface area contributed by atoms with Crippen LogP contribution in [0.2, 0.25) is 0 Å². The summed E-state index contributed by atoms with van der Waals surface area (Å²) in [6, 6.07) is 23.0. The average Bonchev–Trinajstić information content (AvgIpc) is 2.97. The fraction of sp³-hybridized carbons (Fsp3) is 0.545. The Morgan fingerprint density at radius 1 is 0.479 bits per heavy atom. The molecule has 0 radical (unpaired) electrons. The van der Waals surface area contributed by atoms with Crippen LogP contribution in [-0.2, 0) is 21.7 Å². The number of hydrogen-bond acceptors (Lipinski definition) is 3. The van der Waals surface area contributed by atoms with E-state index in [0.29, 0.717) is 0 Å². The molecular formula is C44H64NO2P. The Bertz CT molecular complexity index is 1570. The zero-order chi connectivity index (χ0) is 35.7. The molecule has 0 aromatic heterocycles. The molecule has 0 atom stereocenters. The summed E-state index contributed by atoms with van der Waals surface area (Å²) in [5.41, 5.74) is 5.09. The summed E-state index contributed by atoms with van der Waals surface area (Å²) in [4.78, 5) is 0. The molecule has 0 saturated heterocycles. The molecule has 0 heterocycles. The molecule has 4 heteroatoms. The van der Waals surface area contributed by atoms with Gasteiger partial charge in [0.2, 0.25) is 0 Å². The van der Waals surface area contributed by atoms with E-state index < -0.39 is 8.53 Å². The molecule has 0 N–H and O–H groups in total. The molecule has 4 aromatic carbocycles. The maximum absolute atomic E-state index is 7.25. The van der Waals surface area contributed by atoms with Gasteiger partial charge in [-0.25, -0.2) is 4.67 Å². The highest BCUT2D eigenvalue weighted by molar-refractivity contribution is 7.45. The summed E-state index contributed by atoms with van der Waals surface area (Å²) >= 11 is 0. The Morgan fingerprint density at radius 3 is 1.17 bits per heavy atom. The van der Waals surface area contributed by atoms with Gasteiger partial charge >= 0.3 is 8.53 Å². The third kappa shape index (κ3) is 9.34.